The average molecular weight is 398 g/mol. The van der Waals surface area contributed by atoms with Crippen molar-refractivity contribution in [3.8, 4) is 5.69 Å². The van der Waals surface area contributed by atoms with Crippen molar-refractivity contribution >= 4 is 29.2 Å². The summed E-state index contributed by atoms with van der Waals surface area (Å²) in [5.41, 5.74) is 2.45. The van der Waals surface area contributed by atoms with E-state index in [9.17, 15) is 9.59 Å². The number of hydrogen-bond acceptors (Lipinski definition) is 4. The maximum atomic E-state index is 12.1. The molecule has 1 unspecified atom stereocenters. The van der Waals surface area contributed by atoms with Crippen LogP contribution in [0.5, 0.6) is 0 Å². The monoisotopic (exact) mass is 397 g/mol. The lowest BCUT2D eigenvalue weighted by Crippen LogP contribution is -2.30. The van der Waals surface area contributed by atoms with Crippen LogP contribution in [0.1, 0.15) is 18.9 Å². The van der Waals surface area contributed by atoms with Crippen LogP contribution in [-0.4, -0.2) is 27.8 Å². The van der Waals surface area contributed by atoms with Crippen LogP contribution in [0, 0.1) is 0 Å². The van der Waals surface area contributed by atoms with Crippen LogP contribution < -0.4 is 5.32 Å². The van der Waals surface area contributed by atoms with Crippen molar-refractivity contribution in [2.45, 2.75) is 25.9 Å². The van der Waals surface area contributed by atoms with Gasteiger partial charge in [0.25, 0.3) is 5.91 Å². The van der Waals surface area contributed by atoms with Gasteiger partial charge >= 0.3 is 5.97 Å². The Morgan fingerprint density at radius 3 is 2.57 bits per heavy atom. The first kappa shape index (κ1) is 19.6. The summed E-state index contributed by atoms with van der Waals surface area (Å²) < 4.78 is 6.97. The summed E-state index contributed by atoms with van der Waals surface area (Å²) in [6.45, 7) is 1.54. The number of rotatable bonds is 7. The van der Waals surface area contributed by atoms with Crippen molar-refractivity contribution in [3.05, 3.63) is 77.6 Å². The van der Waals surface area contributed by atoms with Gasteiger partial charge in [-0.1, -0.05) is 29.8 Å². The molecule has 0 saturated carbocycles. The number of esters is 1. The molecule has 1 atom stereocenters. The van der Waals surface area contributed by atoms with E-state index in [0.717, 1.165) is 11.3 Å². The second-order valence-electron chi connectivity index (χ2n) is 6.26. The zero-order valence-corrected chi connectivity index (χ0v) is 16.1. The van der Waals surface area contributed by atoms with E-state index in [1.165, 1.54) is 6.92 Å². The fraction of sp³-hybridized carbons (Fsp3) is 0.190. The number of carbonyl (C=O) groups is 2. The molecule has 1 N–H and O–H groups in total. The van der Waals surface area contributed by atoms with E-state index in [1.54, 1.807) is 35.1 Å². The number of nitrogens with one attached hydrogen (secondary N) is 1. The van der Waals surface area contributed by atoms with E-state index in [2.05, 4.69) is 10.4 Å². The SMILES string of the molecule is CC(OC(=O)CCc1cnn(-c2ccccc2)c1)C(=O)Nc1ccc(Cl)cc1. The van der Waals surface area contributed by atoms with Crippen LogP contribution in [-0.2, 0) is 20.7 Å². The molecule has 1 aromatic heterocycles. The van der Waals surface area contributed by atoms with Gasteiger partial charge in [0.15, 0.2) is 6.10 Å². The second kappa shape index (κ2) is 9.19. The Labute approximate surface area is 168 Å². The highest BCUT2D eigenvalue weighted by Crippen LogP contribution is 2.14. The van der Waals surface area contributed by atoms with E-state index < -0.39 is 18.0 Å². The topological polar surface area (TPSA) is 73.2 Å². The van der Waals surface area contributed by atoms with Crippen molar-refractivity contribution < 1.29 is 14.3 Å². The molecule has 0 aliphatic carbocycles. The largest absolute Gasteiger partial charge is 0.453 e. The first-order valence-corrected chi connectivity index (χ1v) is 9.24. The molecule has 0 aliphatic rings. The summed E-state index contributed by atoms with van der Waals surface area (Å²) in [4.78, 5) is 24.2. The smallest absolute Gasteiger partial charge is 0.306 e. The first-order valence-electron chi connectivity index (χ1n) is 8.86. The summed E-state index contributed by atoms with van der Waals surface area (Å²) in [7, 11) is 0. The second-order valence-corrected chi connectivity index (χ2v) is 6.69. The third kappa shape index (κ3) is 5.44. The Kier molecular flexibility index (Phi) is 6.45. The maximum Gasteiger partial charge on any atom is 0.306 e. The van der Waals surface area contributed by atoms with Gasteiger partial charge in [-0.3, -0.25) is 9.59 Å². The van der Waals surface area contributed by atoms with Gasteiger partial charge in [-0.25, -0.2) is 4.68 Å². The van der Waals surface area contributed by atoms with Crippen LogP contribution in [0.15, 0.2) is 67.0 Å². The van der Waals surface area contributed by atoms with Crippen molar-refractivity contribution in [2.75, 3.05) is 5.32 Å². The van der Waals surface area contributed by atoms with Crippen LogP contribution in [0.2, 0.25) is 5.02 Å². The fourth-order valence-electron chi connectivity index (χ4n) is 2.54. The van der Waals surface area contributed by atoms with Crippen LogP contribution in [0.25, 0.3) is 5.69 Å². The number of amides is 1. The molecule has 0 radical (unpaired) electrons. The molecule has 2 aromatic carbocycles. The van der Waals surface area contributed by atoms with E-state index >= 15 is 0 Å². The predicted octanol–water partition coefficient (Wildman–Crippen LogP) is 4.03. The minimum Gasteiger partial charge on any atom is -0.453 e. The van der Waals surface area contributed by atoms with Gasteiger partial charge in [-0.15, -0.1) is 0 Å². The minimum absolute atomic E-state index is 0.166. The number of para-hydroxylation sites is 1. The normalized spacial score (nSPS) is 11.6. The van der Waals surface area contributed by atoms with E-state index in [4.69, 9.17) is 16.3 Å². The molecule has 7 heteroatoms. The molecule has 0 fully saturated rings. The molecule has 3 rings (SSSR count). The number of hydrogen-bond donors (Lipinski definition) is 1. The highest BCUT2D eigenvalue weighted by atomic mass is 35.5. The Balaban J connectivity index is 1.46. The molecule has 6 nitrogen and oxygen atoms in total. The Morgan fingerprint density at radius 1 is 1.14 bits per heavy atom. The third-order valence-electron chi connectivity index (χ3n) is 4.06. The van der Waals surface area contributed by atoms with E-state index in [0.29, 0.717) is 17.1 Å². The molecule has 1 amide bonds. The van der Waals surface area contributed by atoms with Crippen LogP contribution >= 0.6 is 11.6 Å². The number of aryl methyl sites for hydroxylation is 1. The van der Waals surface area contributed by atoms with Crippen LogP contribution in [0.4, 0.5) is 5.69 Å². The number of carbonyl (C=O) groups excluding carboxylic acids is 2. The maximum absolute atomic E-state index is 12.1. The highest BCUT2D eigenvalue weighted by Gasteiger charge is 2.18. The number of benzene rings is 2. The minimum atomic E-state index is -0.893. The number of nitrogens with zero attached hydrogens (tertiary/aromatic N) is 2. The summed E-state index contributed by atoms with van der Waals surface area (Å²) in [6.07, 6.45) is 3.35. The number of halogens is 1. The van der Waals surface area contributed by atoms with Gasteiger partial charge in [0, 0.05) is 23.3 Å². The zero-order chi connectivity index (χ0) is 19.9. The van der Waals surface area contributed by atoms with Gasteiger partial charge in [0.2, 0.25) is 0 Å². The summed E-state index contributed by atoms with van der Waals surface area (Å²) in [5.74, 6) is -0.834. The number of ether oxygens (including phenoxy) is 1. The fourth-order valence-corrected chi connectivity index (χ4v) is 2.67. The van der Waals surface area contributed by atoms with Gasteiger partial charge in [0.05, 0.1) is 11.9 Å². The Morgan fingerprint density at radius 2 is 1.86 bits per heavy atom. The molecule has 1 heterocycles. The number of anilines is 1. The lowest BCUT2D eigenvalue weighted by molar-refractivity contribution is -0.153. The first-order chi connectivity index (χ1) is 13.5. The summed E-state index contributed by atoms with van der Waals surface area (Å²) in [5, 5.41) is 7.56. The van der Waals surface area contributed by atoms with Gasteiger partial charge in [0.1, 0.15) is 0 Å². The summed E-state index contributed by atoms with van der Waals surface area (Å²) >= 11 is 5.81. The van der Waals surface area contributed by atoms with Gasteiger partial charge < -0.3 is 10.1 Å². The van der Waals surface area contributed by atoms with Crippen molar-refractivity contribution in [1.82, 2.24) is 9.78 Å². The van der Waals surface area contributed by atoms with Gasteiger partial charge in [-0.05, 0) is 55.3 Å². The van der Waals surface area contributed by atoms with Crippen LogP contribution in [0.3, 0.4) is 0 Å². The Hall–Kier alpha value is -3.12. The molecule has 0 spiro atoms. The molecule has 144 valence electrons. The number of aromatic nitrogens is 2. The average Bonchev–Trinajstić information content (AvgIpc) is 3.18. The predicted molar refractivity (Wildman–Crippen MR) is 108 cm³/mol. The lowest BCUT2D eigenvalue weighted by Gasteiger charge is -2.13. The molecule has 0 aliphatic heterocycles. The molecule has 0 bridgehead atoms. The van der Waals surface area contributed by atoms with Crippen molar-refractivity contribution in [2.24, 2.45) is 0 Å². The highest BCUT2D eigenvalue weighted by molar-refractivity contribution is 6.30. The van der Waals surface area contributed by atoms with Crippen molar-refractivity contribution in [1.29, 1.82) is 0 Å². The lowest BCUT2D eigenvalue weighted by atomic mass is 10.2. The molecular weight excluding hydrogens is 378 g/mol. The zero-order valence-electron chi connectivity index (χ0n) is 15.3. The van der Waals surface area contributed by atoms with Gasteiger partial charge in [-0.2, -0.15) is 5.10 Å². The molecule has 3 aromatic rings. The van der Waals surface area contributed by atoms with E-state index in [-0.39, 0.29) is 6.42 Å². The molecular formula is C21H20ClN3O3. The third-order valence-corrected chi connectivity index (χ3v) is 4.32. The van der Waals surface area contributed by atoms with Crippen molar-refractivity contribution in [3.63, 3.8) is 0 Å². The standard InChI is InChI=1S/C21H20ClN3O3/c1-15(21(27)24-18-10-8-17(22)9-11-18)28-20(26)12-7-16-13-23-25(14-16)19-5-3-2-4-6-19/h2-6,8-11,13-15H,7,12H2,1H3,(H,24,27). The quantitative estimate of drug-likeness (QED) is 0.611. The summed E-state index contributed by atoms with van der Waals surface area (Å²) in [6, 6.07) is 16.4. The van der Waals surface area contributed by atoms with E-state index in [1.807, 2.05) is 36.5 Å². The Bertz CT molecular complexity index is 939. The molecule has 0 saturated heterocycles. The molecule has 28 heavy (non-hydrogen) atoms.